The zero-order valence-corrected chi connectivity index (χ0v) is 10.3. The van der Waals surface area contributed by atoms with Gasteiger partial charge in [0.15, 0.2) is 0 Å². The van der Waals surface area contributed by atoms with Gasteiger partial charge in [-0.2, -0.15) is 0 Å². The lowest BCUT2D eigenvalue weighted by molar-refractivity contribution is -0.141. The standard InChI is InChI=1S/C12H23NO3/c1-3-4-5-6-7-8-9-11(14)13-10(2)12(15)16/h10H,3-9H2,1-2H3,(H,13,14)(H,15,16)/t10-/m0/s1. The molecule has 94 valence electrons. The average Bonchev–Trinajstić information content (AvgIpc) is 2.23. The Kier molecular flexibility index (Phi) is 8.58. The maximum atomic E-state index is 11.3. The van der Waals surface area contributed by atoms with Gasteiger partial charge in [-0.25, -0.2) is 0 Å². The van der Waals surface area contributed by atoms with Crippen LogP contribution in [0, 0.1) is 0 Å². The van der Waals surface area contributed by atoms with E-state index in [-0.39, 0.29) is 5.91 Å². The van der Waals surface area contributed by atoms with Crippen molar-refractivity contribution in [3.05, 3.63) is 0 Å². The Bertz CT molecular complexity index is 216. The first kappa shape index (κ1) is 14.9. The normalized spacial score (nSPS) is 12.1. The highest BCUT2D eigenvalue weighted by molar-refractivity contribution is 5.83. The molecule has 0 aromatic carbocycles. The van der Waals surface area contributed by atoms with Gasteiger partial charge in [-0.1, -0.05) is 39.0 Å². The van der Waals surface area contributed by atoms with Crippen LogP contribution in [-0.2, 0) is 9.59 Å². The molecule has 4 nitrogen and oxygen atoms in total. The Balaban J connectivity index is 3.40. The van der Waals surface area contributed by atoms with Gasteiger partial charge in [0.25, 0.3) is 0 Å². The van der Waals surface area contributed by atoms with Crippen molar-refractivity contribution >= 4 is 11.9 Å². The lowest BCUT2D eigenvalue weighted by atomic mass is 10.1. The molecule has 16 heavy (non-hydrogen) atoms. The Morgan fingerprint density at radius 2 is 1.69 bits per heavy atom. The molecule has 0 spiro atoms. The largest absolute Gasteiger partial charge is 0.480 e. The molecule has 0 saturated carbocycles. The van der Waals surface area contributed by atoms with Crippen molar-refractivity contribution in [1.29, 1.82) is 0 Å². The van der Waals surface area contributed by atoms with Gasteiger partial charge in [-0.3, -0.25) is 9.59 Å². The maximum Gasteiger partial charge on any atom is 0.325 e. The number of rotatable bonds is 9. The molecule has 0 aromatic rings. The molecule has 0 saturated heterocycles. The molecule has 0 rings (SSSR count). The number of carbonyl (C=O) groups excluding carboxylic acids is 1. The van der Waals surface area contributed by atoms with E-state index >= 15 is 0 Å². The van der Waals surface area contributed by atoms with Crippen LogP contribution >= 0.6 is 0 Å². The van der Waals surface area contributed by atoms with Crippen molar-refractivity contribution in [2.75, 3.05) is 0 Å². The summed E-state index contributed by atoms with van der Waals surface area (Å²) in [5, 5.41) is 11.0. The molecule has 2 N–H and O–H groups in total. The smallest absolute Gasteiger partial charge is 0.325 e. The van der Waals surface area contributed by atoms with Gasteiger partial charge in [0.2, 0.25) is 5.91 Å². The first-order chi connectivity index (χ1) is 7.57. The Labute approximate surface area is 97.4 Å². The summed E-state index contributed by atoms with van der Waals surface area (Å²) in [7, 11) is 0. The third-order valence-electron chi connectivity index (χ3n) is 2.51. The van der Waals surface area contributed by atoms with Crippen molar-refractivity contribution in [2.45, 2.75) is 64.8 Å². The summed E-state index contributed by atoms with van der Waals surface area (Å²) in [4.78, 5) is 21.7. The summed E-state index contributed by atoms with van der Waals surface area (Å²) in [5.74, 6) is -1.15. The van der Waals surface area contributed by atoms with Crippen LogP contribution in [0.3, 0.4) is 0 Å². The van der Waals surface area contributed by atoms with Crippen molar-refractivity contribution in [1.82, 2.24) is 5.32 Å². The average molecular weight is 229 g/mol. The number of aliphatic carboxylic acids is 1. The first-order valence-electron chi connectivity index (χ1n) is 6.10. The second kappa shape index (κ2) is 9.19. The van der Waals surface area contributed by atoms with Crippen molar-refractivity contribution in [3.63, 3.8) is 0 Å². The Morgan fingerprint density at radius 1 is 1.12 bits per heavy atom. The van der Waals surface area contributed by atoms with E-state index in [9.17, 15) is 9.59 Å². The molecule has 0 fully saturated rings. The first-order valence-corrected chi connectivity index (χ1v) is 6.10. The molecule has 0 heterocycles. The van der Waals surface area contributed by atoms with Crippen LogP contribution in [0.1, 0.15) is 58.8 Å². The fourth-order valence-electron chi connectivity index (χ4n) is 1.44. The zero-order valence-electron chi connectivity index (χ0n) is 10.3. The second-order valence-corrected chi connectivity index (χ2v) is 4.15. The summed E-state index contributed by atoms with van der Waals surface area (Å²) in [6.07, 6.45) is 7.19. The van der Waals surface area contributed by atoms with E-state index in [1.54, 1.807) is 0 Å². The molecule has 0 aliphatic carbocycles. The quantitative estimate of drug-likeness (QED) is 0.596. The zero-order chi connectivity index (χ0) is 12.4. The fraction of sp³-hybridized carbons (Fsp3) is 0.833. The van der Waals surface area contributed by atoms with E-state index in [1.807, 2.05) is 0 Å². The number of hydrogen-bond donors (Lipinski definition) is 2. The van der Waals surface area contributed by atoms with Gasteiger partial charge in [0.1, 0.15) is 6.04 Å². The van der Waals surface area contributed by atoms with Gasteiger partial charge >= 0.3 is 5.97 Å². The van der Waals surface area contributed by atoms with Gasteiger partial charge in [0.05, 0.1) is 0 Å². The topological polar surface area (TPSA) is 66.4 Å². The molecule has 0 unspecified atom stereocenters. The lowest BCUT2D eigenvalue weighted by Gasteiger charge is -2.08. The minimum atomic E-state index is -0.990. The highest BCUT2D eigenvalue weighted by atomic mass is 16.4. The summed E-state index contributed by atoms with van der Waals surface area (Å²) >= 11 is 0. The number of amides is 1. The van der Waals surface area contributed by atoms with E-state index in [0.29, 0.717) is 6.42 Å². The Morgan fingerprint density at radius 3 is 2.25 bits per heavy atom. The molecule has 0 aromatic heterocycles. The molecule has 4 heteroatoms. The predicted octanol–water partition coefficient (Wildman–Crippen LogP) is 2.33. The third kappa shape index (κ3) is 8.26. The molecule has 0 bridgehead atoms. The van der Waals surface area contributed by atoms with Gasteiger partial charge in [-0.05, 0) is 13.3 Å². The number of carbonyl (C=O) groups is 2. The molecular weight excluding hydrogens is 206 g/mol. The lowest BCUT2D eigenvalue weighted by Crippen LogP contribution is -2.38. The van der Waals surface area contributed by atoms with E-state index in [2.05, 4.69) is 12.2 Å². The van der Waals surface area contributed by atoms with E-state index in [1.165, 1.54) is 26.2 Å². The summed E-state index contributed by atoms with van der Waals surface area (Å²) < 4.78 is 0. The van der Waals surface area contributed by atoms with Crippen LogP contribution in [-0.4, -0.2) is 23.0 Å². The Hall–Kier alpha value is -1.06. The van der Waals surface area contributed by atoms with Gasteiger partial charge in [0, 0.05) is 6.42 Å². The van der Waals surface area contributed by atoms with Crippen LogP contribution in [0.15, 0.2) is 0 Å². The van der Waals surface area contributed by atoms with Gasteiger partial charge in [-0.15, -0.1) is 0 Å². The third-order valence-corrected chi connectivity index (χ3v) is 2.51. The van der Waals surface area contributed by atoms with Crippen molar-refractivity contribution in [2.24, 2.45) is 0 Å². The predicted molar refractivity (Wildman–Crippen MR) is 63.2 cm³/mol. The molecule has 1 amide bonds. The molecular formula is C12H23NO3. The minimum absolute atomic E-state index is 0.162. The number of nitrogens with one attached hydrogen (secondary N) is 1. The summed E-state index contributed by atoms with van der Waals surface area (Å²) in [6.45, 7) is 3.64. The fourth-order valence-corrected chi connectivity index (χ4v) is 1.44. The number of hydrogen-bond acceptors (Lipinski definition) is 2. The van der Waals surface area contributed by atoms with E-state index < -0.39 is 12.0 Å². The van der Waals surface area contributed by atoms with Crippen LogP contribution in [0.5, 0.6) is 0 Å². The van der Waals surface area contributed by atoms with Crippen molar-refractivity contribution in [3.8, 4) is 0 Å². The SMILES string of the molecule is CCCCCCCCC(=O)N[C@@H](C)C(=O)O. The number of carboxylic acid groups (broad SMARTS) is 1. The monoisotopic (exact) mass is 229 g/mol. The second-order valence-electron chi connectivity index (χ2n) is 4.15. The highest BCUT2D eigenvalue weighted by Gasteiger charge is 2.12. The maximum absolute atomic E-state index is 11.3. The molecule has 0 aliphatic heterocycles. The van der Waals surface area contributed by atoms with E-state index in [4.69, 9.17) is 5.11 Å². The van der Waals surface area contributed by atoms with Crippen LogP contribution in [0.25, 0.3) is 0 Å². The number of unbranched alkanes of at least 4 members (excludes halogenated alkanes) is 5. The van der Waals surface area contributed by atoms with E-state index in [0.717, 1.165) is 19.3 Å². The van der Waals surface area contributed by atoms with Crippen LogP contribution in [0.2, 0.25) is 0 Å². The van der Waals surface area contributed by atoms with Crippen molar-refractivity contribution < 1.29 is 14.7 Å². The summed E-state index contributed by atoms with van der Waals surface area (Å²) in [5.41, 5.74) is 0. The van der Waals surface area contributed by atoms with Crippen LogP contribution < -0.4 is 5.32 Å². The molecule has 1 atom stereocenters. The van der Waals surface area contributed by atoms with Gasteiger partial charge < -0.3 is 10.4 Å². The van der Waals surface area contributed by atoms with Crippen LogP contribution in [0.4, 0.5) is 0 Å². The minimum Gasteiger partial charge on any atom is -0.480 e. The molecule has 0 radical (unpaired) electrons. The summed E-state index contributed by atoms with van der Waals surface area (Å²) in [6, 6.07) is -0.785. The number of carboxylic acids is 1. The highest BCUT2D eigenvalue weighted by Crippen LogP contribution is 2.06. The molecule has 0 aliphatic rings.